The van der Waals surface area contributed by atoms with Crippen LogP contribution in [0.2, 0.25) is 0 Å². The van der Waals surface area contributed by atoms with E-state index in [4.69, 9.17) is 4.74 Å². The number of aromatic nitrogens is 2. The summed E-state index contributed by atoms with van der Waals surface area (Å²) in [5.41, 5.74) is 3.40. The first kappa shape index (κ1) is 10.3. The maximum absolute atomic E-state index is 5.89. The average molecular weight is 259 g/mol. The number of fused-ring (bicyclic) bond motifs is 1. The zero-order chi connectivity index (χ0) is 12.0. The van der Waals surface area contributed by atoms with Crippen molar-refractivity contribution in [3.63, 3.8) is 0 Å². The Hall–Kier alpha value is -1.62. The minimum absolute atomic E-state index is 0.278. The number of nitrogens with zero attached hydrogens (tertiary/aromatic N) is 3. The van der Waals surface area contributed by atoms with E-state index in [1.165, 1.54) is 5.56 Å². The van der Waals surface area contributed by atoms with Crippen LogP contribution in [0.1, 0.15) is 5.56 Å². The van der Waals surface area contributed by atoms with Crippen molar-refractivity contribution in [1.29, 1.82) is 0 Å². The van der Waals surface area contributed by atoms with E-state index in [-0.39, 0.29) is 5.41 Å². The summed E-state index contributed by atoms with van der Waals surface area (Å²) >= 11 is 1.60. The van der Waals surface area contributed by atoms with E-state index in [0.717, 1.165) is 37.0 Å². The predicted molar refractivity (Wildman–Crippen MR) is 70.2 cm³/mol. The van der Waals surface area contributed by atoms with Gasteiger partial charge in [0.05, 0.1) is 6.61 Å². The maximum atomic E-state index is 5.89. The molecule has 0 unspecified atom stereocenters. The number of rotatable bonds is 1. The molecule has 3 heterocycles. The summed E-state index contributed by atoms with van der Waals surface area (Å²) in [5.74, 6) is 1.05. The molecule has 4 rings (SSSR count). The molecule has 5 heteroatoms. The van der Waals surface area contributed by atoms with Gasteiger partial charge in [0.25, 0.3) is 0 Å². The van der Waals surface area contributed by atoms with E-state index < -0.39 is 0 Å². The SMILES string of the molecule is c1ccc2c(c1)CC1(CO2)CN(c2nncs2)C1. The van der Waals surface area contributed by atoms with Crippen LogP contribution in [0.4, 0.5) is 5.13 Å². The van der Waals surface area contributed by atoms with Crippen molar-refractivity contribution in [2.24, 2.45) is 5.41 Å². The van der Waals surface area contributed by atoms with Gasteiger partial charge >= 0.3 is 0 Å². The number of anilines is 1. The van der Waals surface area contributed by atoms with Gasteiger partial charge in [0.15, 0.2) is 0 Å². The zero-order valence-corrected chi connectivity index (χ0v) is 10.7. The van der Waals surface area contributed by atoms with Crippen molar-refractivity contribution in [3.8, 4) is 5.75 Å². The quantitative estimate of drug-likeness (QED) is 0.785. The summed E-state index contributed by atoms with van der Waals surface area (Å²) in [4.78, 5) is 2.29. The second kappa shape index (κ2) is 3.68. The Bertz CT molecular complexity index is 563. The molecular formula is C13H13N3OS. The van der Waals surface area contributed by atoms with Crippen LogP contribution in [-0.4, -0.2) is 29.9 Å². The average Bonchev–Trinajstić information content (AvgIpc) is 2.89. The molecule has 0 amide bonds. The Balaban J connectivity index is 1.53. The normalized spacial score (nSPS) is 20.1. The molecule has 18 heavy (non-hydrogen) atoms. The van der Waals surface area contributed by atoms with Gasteiger partial charge in [-0.15, -0.1) is 10.2 Å². The fraction of sp³-hybridized carbons (Fsp3) is 0.385. The Morgan fingerprint density at radius 3 is 3.00 bits per heavy atom. The molecule has 0 aliphatic carbocycles. The van der Waals surface area contributed by atoms with Crippen molar-refractivity contribution in [2.75, 3.05) is 24.6 Å². The van der Waals surface area contributed by atoms with Gasteiger partial charge in [0.1, 0.15) is 11.3 Å². The van der Waals surface area contributed by atoms with Crippen molar-refractivity contribution in [2.45, 2.75) is 6.42 Å². The number of hydrogen-bond donors (Lipinski definition) is 0. The molecule has 4 nitrogen and oxygen atoms in total. The number of hydrogen-bond acceptors (Lipinski definition) is 5. The molecule has 0 N–H and O–H groups in total. The monoisotopic (exact) mass is 259 g/mol. The lowest BCUT2D eigenvalue weighted by atomic mass is 9.74. The molecule has 92 valence electrons. The summed E-state index contributed by atoms with van der Waals surface area (Å²) in [6.07, 6.45) is 1.11. The van der Waals surface area contributed by atoms with Gasteiger partial charge in [-0.05, 0) is 18.1 Å². The molecular weight excluding hydrogens is 246 g/mol. The highest BCUT2D eigenvalue weighted by molar-refractivity contribution is 7.13. The highest BCUT2D eigenvalue weighted by Gasteiger charge is 2.47. The zero-order valence-electron chi connectivity index (χ0n) is 9.87. The van der Waals surface area contributed by atoms with Gasteiger partial charge in [-0.2, -0.15) is 0 Å². The molecule has 1 aromatic carbocycles. The first-order chi connectivity index (χ1) is 8.85. The van der Waals surface area contributed by atoms with Gasteiger partial charge < -0.3 is 9.64 Å². The molecule has 1 aromatic heterocycles. The molecule has 2 aromatic rings. The van der Waals surface area contributed by atoms with E-state index >= 15 is 0 Å². The third kappa shape index (κ3) is 1.50. The number of para-hydroxylation sites is 1. The lowest BCUT2D eigenvalue weighted by Gasteiger charge is -2.51. The van der Waals surface area contributed by atoms with Crippen molar-refractivity contribution in [1.82, 2.24) is 10.2 Å². The Morgan fingerprint density at radius 1 is 1.28 bits per heavy atom. The van der Waals surface area contributed by atoms with Crippen molar-refractivity contribution >= 4 is 16.5 Å². The van der Waals surface area contributed by atoms with Crippen LogP contribution in [0, 0.1) is 5.41 Å². The molecule has 0 radical (unpaired) electrons. The standard InChI is InChI=1S/C13H13N3OS/c1-2-4-11-10(3-1)5-13(8-17-11)6-16(7-13)12-15-14-9-18-12/h1-4,9H,5-8H2. The van der Waals surface area contributed by atoms with Crippen LogP contribution >= 0.6 is 11.3 Å². The highest BCUT2D eigenvalue weighted by atomic mass is 32.1. The third-order valence-electron chi connectivity index (χ3n) is 3.74. The minimum atomic E-state index is 0.278. The van der Waals surface area contributed by atoms with Gasteiger partial charge in [0, 0.05) is 18.5 Å². The van der Waals surface area contributed by atoms with Crippen LogP contribution in [0.25, 0.3) is 0 Å². The first-order valence-corrected chi connectivity index (χ1v) is 6.95. The predicted octanol–water partition coefficient (Wildman–Crippen LogP) is 1.98. The number of ether oxygens (including phenoxy) is 1. The second-order valence-electron chi connectivity index (χ2n) is 5.15. The second-order valence-corrected chi connectivity index (χ2v) is 5.96. The van der Waals surface area contributed by atoms with Crippen LogP contribution < -0.4 is 9.64 Å². The smallest absolute Gasteiger partial charge is 0.208 e. The lowest BCUT2D eigenvalue weighted by Crippen LogP contribution is -2.61. The summed E-state index contributed by atoms with van der Waals surface area (Å²) in [6.45, 7) is 2.87. The highest BCUT2D eigenvalue weighted by Crippen LogP contribution is 2.42. The number of benzene rings is 1. The van der Waals surface area contributed by atoms with E-state index in [1.807, 2.05) is 6.07 Å². The van der Waals surface area contributed by atoms with E-state index in [9.17, 15) is 0 Å². The van der Waals surface area contributed by atoms with Gasteiger partial charge in [0.2, 0.25) is 5.13 Å². The van der Waals surface area contributed by atoms with Crippen molar-refractivity contribution in [3.05, 3.63) is 35.3 Å². The molecule has 0 saturated carbocycles. The summed E-state index contributed by atoms with van der Waals surface area (Å²) in [6, 6.07) is 8.35. The van der Waals surface area contributed by atoms with Crippen molar-refractivity contribution < 1.29 is 4.74 Å². The summed E-state index contributed by atoms with van der Waals surface area (Å²) < 4.78 is 5.89. The molecule has 1 spiro atoms. The Morgan fingerprint density at radius 2 is 2.17 bits per heavy atom. The lowest BCUT2D eigenvalue weighted by molar-refractivity contribution is 0.0879. The fourth-order valence-corrected chi connectivity index (χ4v) is 3.44. The van der Waals surface area contributed by atoms with Crippen LogP contribution in [0.15, 0.2) is 29.8 Å². The fourth-order valence-electron chi connectivity index (χ4n) is 2.88. The molecule has 1 saturated heterocycles. The van der Waals surface area contributed by atoms with Crippen LogP contribution in [-0.2, 0) is 6.42 Å². The van der Waals surface area contributed by atoms with E-state index in [0.29, 0.717) is 0 Å². The molecule has 0 bridgehead atoms. The van der Waals surface area contributed by atoms with Gasteiger partial charge in [-0.1, -0.05) is 29.5 Å². The van der Waals surface area contributed by atoms with Gasteiger partial charge in [-0.3, -0.25) is 0 Å². The third-order valence-corrected chi connectivity index (χ3v) is 4.49. The molecule has 1 fully saturated rings. The molecule has 0 atom stereocenters. The molecule has 2 aliphatic heterocycles. The van der Waals surface area contributed by atoms with Crippen LogP contribution in [0.5, 0.6) is 5.75 Å². The van der Waals surface area contributed by atoms with Crippen LogP contribution in [0.3, 0.4) is 0 Å². The Labute approximate surface area is 109 Å². The van der Waals surface area contributed by atoms with E-state index in [1.54, 1.807) is 16.8 Å². The summed E-state index contributed by atoms with van der Waals surface area (Å²) in [5, 5.41) is 9.03. The summed E-state index contributed by atoms with van der Waals surface area (Å²) in [7, 11) is 0. The Kier molecular flexibility index (Phi) is 2.11. The first-order valence-electron chi connectivity index (χ1n) is 6.07. The van der Waals surface area contributed by atoms with E-state index in [2.05, 4.69) is 33.3 Å². The van der Waals surface area contributed by atoms with Gasteiger partial charge in [-0.25, -0.2) is 0 Å². The largest absolute Gasteiger partial charge is 0.493 e. The topological polar surface area (TPSA) is 38.2 Å². The maximum Gasteiger partial charge on any atom is 0.208 e. The molecule has 2 aliphatic rings. The minimum Gasteiger partial charge on any atom is -0.493 e.